The maximum Gasteiger partial charge on any atom is 0.313 e. The quantitative estimate of drug-likeness (QED) is 0.909. The maximum absolute atomic E-state index is 12.6. The number of fused-ring (bicyclic) bond motifs is 1. The first-order chi connectivity index (χ1) is 10.1. The second-order valence-corrected chi connectivity index (χ2v) is 5.06. The van der Waals surface area contributed by atoms with Gasteiger partial charge in [-0.1, -0.05) is 18.2 Å². The van der Waals surface area contributed by atoms with Crippen LogP contribution in [-0.4, -0.2) is 33.4 Å². The Kier molecular flexibility index (Phi) is 3.25. The Morgan fingerprint density at radius 2 is 2.05 bits per heavy atom. The Bertz CT molecular complexity index is 679. The highest BCUT2D eigenvalue weighted by Gasteiger charge is 2.43. The molecule has 0 radical (unpaired) electrons. The number of aromatic nitrogens is 1. The predicted molar refractivity (Wildman–Crippen MR) is 77.1 cm³/mol. The van der Waals surface area contributed by atoms with Crippen molar-refractivity contribution in [2.45, 2.75) is 18.9 Å². The summed E-state index contributed by atoms with van der Waals surface area (Å²) in [7, 11) is 0. The highest BCUT2D eigenvalue weighted by molar-refractivity contribution is 6.00. The molecule has 2 heterocycles. The third kappa shape index (κ3) is 2.01. The number of amides is 1. The predicted octanol–water partition coefficient (Wildman–Crippen LogP) is 2.40. The van der Waals surface area contributed by atoms with E-state index in [-0.39, 0.29) is 5.91 Å². The van der Waals surface area contributed by atoms with Crippen LogP contribution >= 0.6 is 0 Å². The lowest BCUT2D eigenvalue weighted by atomic mass is 9.81. The van der Waals surface area contributed by atoms with Gasteiger partial charge in [-0.15, -0.1) is 0 Å². The number of nitrogens with zero attached hydrogens (tertiary/aromatic N) is 1. The average Bonchev–Trinajstić information content (AvgIpc) is 3.00. The van der Waals surface area contributed by atoms with Crippen molar-refractivity contribution in [1.82, 2.24) is 9.88 Å². The van der Waals surface area contributed by atoms with Gasteiger partial charge >= 0.3 is 5.97 Å². The molecule has 0 saturated carbocycles. The van der Waals surface area contributed by atoms with Crippen LogP contribution < -0.4 is 0 Å². The van der Waals surface area contributed by atoms with Gasteiger partial charge in [-0.2, -0.15) is 0 Å². The Balaban J connectivity index is 2.22. The number of carbonyl (C=O) groups excluding carboxylic acids is 1. The fourth-order valence-corrected chi connectivity index (χ4v) is 3.08. The summed E-state index contributed by atoms with van der Waals surface area (Å²) < 4.78 is 0. The van der Waals surface area contributed by atoms with Gasteiger partial charge in [0, 0.05) is 24.0 Å². The van der Waals surface area contributed by atoms with E-state index >= 15 is 0 Å². The topological polar surface area (TPSA) is 73.4 Å². The van der Waals surface area contributed by atoms with Crippen LogP contribution in [0.15, 0.2) is 42.6 Å². The molecular weight excluding hydrogens is 268 g/mol. The summed E-state index contributed by atoms with van der Waals surface area (Å²) >= 11 is 0. The monoisotopic (exact) mass is 284 g/mol. The number of hydrogen-bond acceptors (Lipinski definition) is 2. The van der Waals surface area contributed by atoms with Crippen LogP contribution in [0.2, 0.25) is 0 Å². The number of hydrogen-bond donors (Lipinski definition) is 2. The summed E-state index contributed by atoms with van der Waals surface area (Å²) in [6, 6.07) is 10.1. The van der Waals surface area contributed by atoms with E-state index in [1.807, 2.05) is 19.1 Å². The maximum atomic E-state index is 12.6. The first-order valence-electron chi connectivity index (χ1n) is 6.91. The van der Waals surface area contributed by atoms with Crippen molar-refractivity contribution in [2.24, 2.45) is 0 Å². The standard InChI is InChI=1S/C16H16N2O3/c1-2-18-14(12-8-5-9-17-12)13(16(20)21)10-6-3-4-7-11(10)15(18)19/h3-9,13-14,17H,2H2,1H3,(H,20,21). The molecule has 1 amide bonds. The van der Waals surface area contributed by atoms with Gasteiger partial charge in [0.15, 0.2) is 0 Å². The fourth-order valence-electron chi connectivity index (χ4n) is 3.08. The van der Waals surface area contributed by atoms with Gasteiger partial charge in [-0.05, 0) is 30.7 Å². The molecule has 2 N–H and O–H groups in total. The minimum Gasteiger partial charge on any atom is -0.481 e. The van der Waals surface area contributed by atoms with Crippen LogP contribution in [0, 0.1) is 0 Å². The normalized spacial score (nSPS) is 21.2. The zero-order valence-corrected chi connectivity index (χ0v) is 11.6. The van der Waals surface area contributed by atoms with Crippen molar-refractivity contribution in [1.29, 1.82) is 0 Å². The molecule has 0 aliphatic carbocycles. The van der Waals surface area contributed by atoms with E-state index in [4.69, 9.17) is 0 Å². The molecule has 1 aromatic carbocycles. The van der Waals surface area contributed by atoms with E-state index in [2.05, 4.69) is 4.98 Å². The molecule has 0 spiro atoms. The lowest BCUT2D eigenvalue weighted by Crippen LogP contribution is -2.44. The first-order valence-corrected chi connectivity index (χ1v) is 6.91. The number of likely N-dealkylation sites (N-methyl/N-ethyl adjacent to an activating group) is 1. The van der Waals surface area contributed by atoms with E-state index < -0.39 is 17.9 Å². The van der Waals surface area contributed by atoms with Gasteiger partial charge < -0.3 is 15.0 Å². The Hall–Kier alpha value is -2.56. The largest absolute Gasteiger partial charge is 0.481 e. The first kappa shape index (κ1) is 13.4. The number of nitrogens with one attached hydrogen (secondary N) is 1. The average molecular weight is 284 g/mol. The molecule has 5 heteroatoms. The lowest BCUT2D eigenvalue weighted by molar-refractivity contribution is -0.140. The number of aromatic amines is 1. The smallest absolute Gasteiger partial charge is 0.313 e. The Labute approximate surface area is 122 Å². The molecule has 21 heavy (non-hydrogen) atoms. The molecule has 2 unspecified atom stereocenters. The molecule has 2 atom stereocenters. The van der Waals surface area contributed by atoms with Gasteiger partial charge in [-0.3, -0.25) is 9.59 Å². The molecule has 1 aliphatic heterocycles. The number of rotatable bonds is 3. The molecule has 0 bridgehead atoms. The van der Waals surface area contributed by atoms with Crippen LogP contribution in [-0.2, 0) is 4.79 Å². The van der Waals surface area contributed by atoms with E-state index in [1.54, 1.807) is 35.4 Å². The highest BCUT2D eigenvalue weighted by atomic mass is 16.4. The summed E-state index contributed by atoms with van der Waals surface area (Å²) in [5.41, 5.74) is 1.81. The van der Waals surface area contributed by atoms with Crippen LogP contribution in [0.5, 0.6) is 0 Å². The second kappa shape index (κ2) is 5.09. The summed E-state index contributed by atoms with van der Waals surface area (Å²) in [4.78, 5) is 29.1. The van der Waals surface area contributed by atoms with E-state index in [1.165, 1.54) is 0 Å². The number of carbonyl (C=O) groups is 2. The number of carboxylic acid groups (broad SMARTS) is 1. The SMILES string of the molecule is CCN1C(=O)c2ccccc2C(C(=O)O)C1c1ccc[nH]1. The van der Waals surface area contributed by atoms with Crippen molar-refractivity contribution in [3.05, 3.63) is 59.4 Å². The molecule has 1 aliphatic rings. The van der Waals surface area contributed by atoms with Crippen LogP contribution in [0.3, 0.4) is 0 Å². The molecule has 3 rings (SSSR count). The van der Waals surface area contributed by atoms with Crippen LogP contribution in [0.4, 0.5) is 0 Å². The van der Waals surface area contributed by atoms with E-state index in [9.17, 15) is 14.7 Å². The lowest BCUT2D eigenvalue weighted by Gasteiger charge is -2.39. The van der Waals surface area contributed by atoms with Gasteiger partial charge in [0.05, 0.1) is 6.04 Å². The minimum absolute atomic E-state index is 0.120. The van der Waals surface area contributed by atoms with E-state index in [0.717, 1.165) is 5.69 Å². The summed E-state index contributed by atoms with van der Waals surface area (Å²) in [5, 5.41) is 9.70. The molecule has 108 valence electrons. The minimum atomic E-state index is -0.923. The Morgan fingerprint density at radius 1 is 1.29 bits per heavy atom. The van der Waals surface area contributed by atoms with E-state index in [0.29, 0.717) is 17.7 Å². The molecule has 2 aromatic rings. The zero-order valence-electron chi connectivity index (χ0n) is 11.6. The van der Waals surface area contributed by atoms with Crippen molar-refractivity contribution in [2.75, 3.05) is 6.54 Å². The van der Waals surface area contributed by atoms with Crippen molar-refractivity contribution in [3.8, 4) is 0 Å². The molecule has 0 saturated heterocycles. The van der Waals surface area contributed by atoms with Gasteiger partial charge in [0.2, 0.25) is 0 Å². The molecule has 1 aromatic heterocycles. The number of benzene rings is 1. The summed E-state index contributed by atoms with van der Waals surface area (Å²) in [6.45, 7) is 2.32. The number of H-pyrrole nitrogens is 1. The van der Waals surface area contributed by atoms with Crippen LogP contribution in [0.25, 0.3) is 0 Å². The van der Waals surface area contributed by atoms with Gasteiger partial charge in [0.1, 0.15) is 5.92 Å². The van der Waals surface area contributed by atoms with Gasteiger partial charge in [-0.25, -0.2) is 0 Å². The molecular formula is C16H16N2O3. The van der Waals surface area contributed by atoms with Crippen molar-refractivity contribution < 1.29 is 14.7 Å². The number of aliphatic carboxylic acids is 1. The highest BCUT2D eigenvalue weighted by Crippen LogP contribution is 2.41. The van der Waals surface area contributed by atoms with Gasteiger partial charge in [0.25, 0.3) is 5.91 Å². The summed E-state index contributed by atoms with van der Waals surface area (Å²) in [5.74, 6) is -1.81. The van der Waals surface area contributed by atoms with Crippen molar-refractivity contribution >= 4 is 11.9 Å². The second-order valence-electron chi connectivity index (χ2n) is 5.06. The number of carboxylic acids is 1. The zero-order chi connectivity index (χ0) is 15.0. The Morgan fingerprint density at radius 3 is 2.67 bits per heavy atom. The fraction of sp³-hybridized carbons (Fsp3) is 0.250. The van der Waals surface area contributed by atoms with Crippen LogP contribution in [0.1, 0.15) is 40.5 Å². The third-order valence-electron chi connectivity index (χ3n) is 3.99. The van der Waals surface area contributed by atoms with Crippen molar-refractivity contribution in [3.63, 3.8) is 0 Å². The third-order valence-corrected chi connectivity index (χ3v) is 3.99. The molecule has 0 fully saturated rings. The molecule has 5 nitrogen and oxygen atoms in total. The summed E-state index contributed by atoms with van der Waals surface area (Å²) in [6.07, 6.45) is 1.74.